The maximum absolute atomic E-state index is 12.8. The Balaban J connectivity index is 1.60. The van der Waals surface area contributed by atoms with Crippen molar-refractivity contribution in [1.82, 2.24) is 4.31 Å². The van der Waals surface area contributed by atoms with Gasteiger partial charge in [-0.1, -0.05) is 17.7 Å². The van der Waals surface area contributed by atoms with Gasteiger partial charge in [-0.15, -0.1) is 11.8 Å². The number of anilines is 1. The van der Waals surface area contributed by atoms with Gasteiger partial charge in [-0.25, -0.2) is 8.42 Å². The molecule has 5 nitrogen and oxygen atoms in total. The topological polar surface area (TPSA) is 66.5 Å². The summed E-state index contributed by atoms with van der Waals surface area (Å²) in [6, 6.07) is 14.6. The maximum Gasteiger partial charge on any atom is 0.243 e. The second kappa shape index (κ2) is 8.46. The highest BCUT2D eigenvalue weighted by Crippen LogP contribution is 2.26. The van der Waals surface area contributed by atoms with E-state index in [-0.39, 0.29) is 11.8 Å². The Hall–Kier alpha value is -1.83. The molecule has 0 spiro atoms. The van der Waals surface area contributed by atoms with Gasteiger partial charge in [0, 0.05) is 29.6 Å². The van der Waals surface area contributed by atoms with Gasteiger partial charge in [0.15, 0.2) is 0 Å². The Morgan fingerprint density at radius 2 is 1.63 bits per heavy atom. The predicted molar refractivity (Wildman–Crippen MR) is 110 cm³/mol. The van der Waals surface area contributed by atoms with Crippen LogP contribution in [0.4, 0.5) is 5.69 Å². The first kappa shape index (κ1) is 19.9. The molecule has 1 fully saturated rings. The molecule has 1 saturated heterocycles. The Bertz CT molecular complexity index is 886. The average molecular weight is 405 g/mol. The monoisotopic (exact) mass is 404 g/mol. The van der Waals surface area contributed by atoms with Crippen molar-refractivity contribution in [2.45, 2.75) is 29.6 Å². The van der Waals surface area contributed by atoms with Crippen molar-refractivity contribution in [2.75, 3.05) is 24.7 Å². The molecule has 1 aliphatic rings. The smallest absolute Gasteiger partial charge is 0.243 e. The van der Waals surface area contributed by atoms with Crippen LogP contribution in [-0.4, -0.2) is 38.0 Å². The first-order chi connectivity index (χ1) is 12.9. The number of benzene rings is 2. The van der Waals surface area contributed by atoms with Crippen LogP contribution in [0.25, 0.3) is 0 Å². The number of amides is 1. The number of carbonyl (C=O) groups is 1. The zero-order valence-corrected chi connectivity index (χ0v) is 17.1. The molecule has 1 aliphatic heterocycles. The molecule has 0 bridgehead atoms. The number of aryl methyl sites for hydroxylation is 1. The third-order valence-corrected chi connectivity index (χ3v) is 7.50. The number of nitrogens with one attached hydrogen (secondary N) is 1. The fourth-order valence-electron chi connectivity index (χ4n) is 3.14. The molecular formula is C20H24N2O3S2. The molecule has 2 aromatic carbocycles. The second-order valence-electron chi connectivity index (χ2n) is 6.71. The molecule has 0 unspecified atom stereocenters. The van der Waals surface area contributed by atoms with E-state index in [1.165, 1.54) is 4.31 Å². The van der Waals surface area contributed by atoms with Gasteiger partial charge in [-0.3, -0.25) is 4.79 Å². The number of hydrogen-bond donors (Lipinski definition) is 1. The summed E-state index contributed by atoms with van der Waals surface area (Å²) in [5, 5.41) is 2.93. The third kappa shape index (κ3) is 4.72. The summed E-state index contributed by atoms with van der Waals surface area (Å²) in [6.07, 6.45) is 3.01. The summed E-state index contributed by atoms with van der Waals surface area (Å²) < 4.78 is 27.1. The van der Waals surface area contributed by atoms with Crippen LogP contribution in [0.5, 0.6) is 0 Å². The molecule has 144 valence electrons. The Labute approximate surface area is 165 Å². The summed E-state index contributed by atoms with van der Waals surface area (Å²) in [7, 11) is -3.51. The molecule has 1 heterocycles. The Morgan fingerprint density at radius 1 is 1.04 bits per heavy atom. The van der Waals surface area contributed by atoms with Crippen molar-refractivity contribution in [1.29, 1.82) is 0 Å². The summed E-state index contributed by atoms with van der Waals surface area (Å²) in [5.74, 6) is -0.211. The van der Waals surface area contributed by atoms with E-state index in [2.05, 4.69) is 5.32 Å². The van der Waals surface area contributed by atoms with E-state index in [9.17, 15) is 13.2 Å². The minimum absolute atomic E-state index is 0.0415. The lowest BCUT2D eigenvalue weighted by atomic mass is 9.97. The van der Waals surface area contributed by atoms with E-state index in [0.717, 1.165) is 16.1 Å². The molecule has 1 amide bonds. The highest BCUT2D eigenvalue weighted by Gasteiger charge is 2.32. The summed E-state index contributed by atoms with van der Waals surface area (Å²) >= 11 is 1.58. The van der Waals surface area contributed by atoms with Gasteiger partial charge >= 0.3 is 0 Å². The van der Waals surface area contributed by atoms with Crippen LogP contribution >= 0.6 is 11.8 Å². The highest BCUT2D eigenvalue weighted by molar-refractivity contribution is 7.98. The van der Waals surface area contributed by atoms with Crippen LogP contribution in [0.1, 0.15) is 18.4 Å². The number of nitrogens with zero attached hydrogens (tertiary/aromatic N) is 1. The predicted octanol–water partition coefficient (Wildman–Crippen LogP) is 3.76. The van der Waals surface area contributed by atoms with Gasteiger partial charge in [0.2, 0.25) is 15.9 Å². The molecule has 2 aromatic rings. The fraction of sp³-hybridized carbons (Fsp3) is 0.350. The molecule has 0 radical (unpaired) electrons. The minimum Gasteiger partial charge on any atom is -0.326 e. The van der Waals surface area contributed by atoms with E-state index in [4.69, 9.17) is 0 Å². The van der Waals surface area contributed by atoms with Gasteiger partial charge in [0.1, 0.15) is 0 Å². The first-order valence-corrected chi connectivity index (χ1v) is 11.6. The number of sulfonamides is 1. The number of thioether (sulfide) groups is 1. The van der Waals surface area contributed by atoms with Crippen LogP contribution in [0.3, 0.4) is 0 Å². The van der Waals surface area contributed by atoms with Crippen LogP contribution < -0.4 is 5.32 Å². The van der Waals surface area contributed by atoms with Crippen molar-refractivity contribution in [2.24, 2.45) is 5.92 Å². The maximum atomic E-state index is 12.8. The van der Waals surface area contributed by atoms with Crippen molar-refractivity contribution in [3.05, 3.63) is 54.1 Å². The van der Waals surface area contributed by atoms with Crippen LogP contribution in [0.15, 0.2) is 58.3 Å². The average Bonchev–Trinajstić information content (AvgIpc) is 2.70. The van der Waals surface area contributed by atoms with E-state index >= 15 is 0 Å². The molecule has 0 atom stereocenters. The molecule has 0 aromatic heterocycles. The lowest BCUT2D eigenvalue weighted by Gasteiger charge is -2.30. The minimum atomic E-state index is -3.51. The number of piperidine rings is 1. The molecule has 3 rings (SSSR count). The van der Waals surface area contributed by atoms with Gasteiger partial charge in [-0.2, -0.15) is 4.31 Å². The highest BCUT2D eigenvalue weighted by atomic mass is 32.2. The van der Waals surface area contributed by atoms with E-state index in [1.807, 2.05) is 49.6 Å². The molecular weight excluding hydrogens is 380 g/mol. The Morgan fingerprint density at radius 3 is 2.19 bits per heavy atom. The van der Waals surface area contributed by atoms with Crippen molar-refractivity contribution in [3.63, 3.8) is 0 Å². The molecule has 1 N–H and O–H groups in total. The van der Waals surface area contributed by atoms with Crippen molar-refractivity contribution < 1.29 is 13.2 Å². The third-order valence-electron chi connectivity index (χ3n) is 4.84. The van der Waals surface area contributed by atoms with Gasteiger partial charge in [0.05, 0.1) is 4.90 Å². The standard InChI is InChI=1S/C20H24N2O3S2/c1-15-3-5-17(6-4-15)21-20(23)16-11-13-22(14-12-16)27(24,25)19-9-7-18(26-2)8-10-19/h3-10,16H,11-14H2,1-2H3,(H,21,23). The summed E-state index contributed by atoms with van der Waals surface area (Å²) in [4.78, 5) is 13.8. The normalized spacial score (nSPS) is 16.2. The number of carbonyl (C=O) groups excluding carboxylic acids is 1. The second-order valence-corrected chi connectivity index (χ2v) is 9.53. The number of rotatable bonds is 5. The van der Waals surface area contributed by atoms with E-state index in [0.29, 0.717) is 30.8 Å². The lowest BCUT2D eigenvalue weighted by molar-refractivity contribution is -0.120. The summed E-state index contributed by atoms with van der Waals surface area (Å²) in [5.41, 5.74) is 1.91. The molecule has 27 heavy (non-hydrogen) atoms. The first-order valence-electron chi connectivity index (χ1n) is 8.92. The van der Waals surface area contributed by atoms with Crippen LogP contribution in [0.2, 0.25) is 0 Å². The van der Waals surface area contributed by atoms with Crippen molar-refractivity contribution >= 4 is 33.4 Å². The van der Waals surface area contributed by atoms with Crippen LogP contribution in [0, 0.1) is 12.8 Å². The number of hydrogen-bond acceptors (Lipinski definition) is 4. The fourth-order valence-corrected chi connectivity index (χ4v) is 5.01. The lowest BCUT2D eigenvalue weighted by Crippen LogP contribution is -2.41. The van der Waals surface area contributed by atoms with Gasteiger partial charge < -0.3 is 5.32 Å². The van der Waals surface area contributed by atoms with E-state index < -0.39 is 10.0 Å². The Kier molecular flexibility index (Phi) is 6.24. The van der Waals surface area contributed by atoms with Crippen molar-refractivity contribution in [3.8, 4) is 0 Å². The quantitative estimate of drug-likeness (QED) is 0.771. The van der Waals surface area contributed by atoms with Gasteiger partial charge in [-0.05, 0) is 62.4 Å². The van der Waals surface area contributed by atoms with Crippen LogP contribution in [-0.2, 0) is 14.8 Å². The zero-order valence-electron chi connectivity index (χ0n) is 15.5. The zero-order chi connectivity index (χ0) is 19.4. The SMILES string of the molecule is CSc1ccc(S(=O)(=O)N2CCC(C(=O)Nc3ccc(C)cc3)CC2)cc1. The largest absolute Gasteiger partial charge is 0.326 e. The molecule has 0 saturated carbocycles. The molecule has 0 aliphatic carbocycles. The van der Waals surface area contributed by atoms with E-state index in [1.54, 1.807) is 23.9 Å². The summed E-state index contributed by atoms with van der Waals surface area (Å²) in [6.45, 7) is 2.72. The van der Waals surface area contributed by atoms with Gasteiger partial charge in [0.25, 0.3) is 0 Å². The molecule has 7 heteroatoms.